The maximum Gasteiger partial charge on any atom is 0.124 e. The third kappa shape index (κ3) is 3.06. The second kappa shape index (κ2) is 5.34. The van der Waals surface area contributed by atoms with Crippen LogP contribution in [0.1, 0.15) is 50.5 Å². The second-order valence-corrected chi connectivity index (χ2v) is 6.55. The van der Waals surface area contributed by atoms with Gasteiger partial charge >= 0.3 is 0 Å². The molecule has 0 spiro atoms. The Bertz CT molecular complexity index is 450. The molecule has 2 nitrogen and oxygen atoms in total. The lowest BCUT2D eigenvalue weighted by atomic mass is 9.77. The molecule has 2 saturated carbocycles. The molecule has 0 heterocycles. The van der Waals surface area contributed by atoms with Crippen molar-refractivity contribution in [3.05, 3.63) is 28.8 Å². The van der Waals surface area contributed by atoms with Crippen molar-refractivity contribution >= 4 is 11.6 Å². The van der Waals surface area contributed by atoms with E-state index in [0.29, 0.717) is 0 Å². The van der Waals surface area contributed by atoms with Gasteiger partial charge in [-0.1, -0.05) is 30.9 Å². The molecule has 19 heavy (non-hydrogen) atoms. The molecule has 2 aliphatic rings. The summed E-state index contributed by atoms with van der Waals surface area (Å²) in [6.45, 7) is 0.824. The summed E-state index contributed by atoms with van der Waals surface area (Å²) in [5.74, 6) is 1.70. The lowest BCUT2D eigenvalue weighted by Gasteiger charge is -2.35. The number of nitrogens with two attached hydrogens (primary N) is 1. The third-order valence-corrected chi connectivity index (χ3v) is 4.63. The molecule has 1 aromatic rings. The fraction of sp³-hybridized carbons (Fsp3) is 0.625. The Hall–Kier alpha value is -0.730. The molecular formula is C16H22ClNO. The number of rotatable bonds is 4. The third-order valence-electron chi connectivity index (χ3n) is 4.40. The van der Waals surface area contributed by atoms with Crippen LogP contribution >= 0.6 is 11.6 Å². The van der Waals surface area contributed by atoms with Crippen LogP contribution in [0.25, 0.3) is 0 Å². The minimum Gasteiger partial charge on any atom is -0.493 e. The van der Waals surface area contributed by atoms with Gasteiger partial charge in [-0.15, -0.1) is 0 Å². The smallest absolute Gasteiger partial charge is 0.124 e. The lowest BCUT2D eigenvalue weighted by molar-refractivity contribution is 0.263. The number of benzene rings is 1. The van der Waals surface area contributed by atoms with Gasteiger partial charge in [0.25, 0.3) is 0 Å². The molecule has 104 valence electrons. The molecule has 0 bridgehead atoms. The van der Waals surface area contributed by atoms with Gasteiger partial charge < -0.3 is 10.5 Å². The molecule has 0 saturated heterocycles. The summed E-state index contributed by atoms with van der Waals surface area (Å²) in [7, 11) is 0. The first-order chi connectivity index (χ1) is 9.17. The Labute approximate surface area is 120 Å². The van der Waals surface area contributed by atoms with Crippen molar-refractivity contribution in [2.75, 3.05) is 6.61 Å². The lowest BCUT2D eigenvalue weighted by Crippen LogP contribution is -2.39. The van der Waals surface area contributed by atoms with Crippen LogP contribution in [0.3, 0.4) is 0 Å². The molecule has 0 unspecified atom stereocenters. The summed E-state index contributed by atoms with van der Waals surface area (Å²) in [5, 5.41) is 0.754. The van der Waals surface area contributed by atoms with Gasteiger partial charge in [-0.05, 0) is 49.8 Å². The summed E-state index contributed by atoms with van der Waals surface area (Å²) >= 11 is 6.16. The molecule has 2 aliphatic carbocycles. The van der Waals surface area contributed by atoms with Crippen LogP contribution in [-0.2, 0) is 5.54 Å². The van der Waals surface area contributed by atoms with Crippen molar-refractivity contribution < 1.29 is 4.74 Å². The second-order valence-electron chi connectivity index (χ2n) is 6.11. The molecule has 0 aliphatic heterocycles. The molecule has 0 atom stereocenters. The molecule has 2 N–H and O–H groups in total. The highest BCUT2D eigenvalue weighted by atomic mass is 35.5. The van der Waals surface area contributed by atoms with Crippen molar-refractivity contribution in [1.29, 1.82) is 0 Å². The summed E-state index contributed by atoms with van der Waals surface area (Å²) < 4.78 is 6.00. The van der Waals surface area contributed by atoms with Gasteiger partial charge in [-0.3, -0.25) is 0 Å². The van der Waals surface area contributed by atoms with Crippen molar-refractivity contribution in [2.45, 2.75) is 50.5 Å². The normalized spacial score (nSPS) is 22.2. The largest absolute Gasteiger partial charge is 0.493 e. The first kappa shape index (κ1) is 13.3. The number of ether oxygens (including phenoxy) is 1. The van der Waals surface area contributed by atoms with Crippen LogP contribution < -0.4 is 10.5 Å². The van der Waals surface area contributed by atoms with E-state index < -0.39 is 0 Å². The fourth-order valence-electron chi connectivity index (χ4n) is 2.96. The van der Waals surface area contributed by atoms with E-state index >= 15 is 0 Å². The van der Waals surface area contributed by atoms with E-state index in [0.717, 1.165) is 41.7 Å². The van der Waals surface area contributed by atoms with Crippen molar-refractivity contribution in [2.24, 2.45) is 11.7 Å². The predicted molar refractivity (Wildman–Crippen MR) is 78.6 cm³/mol. The van der Waals surface area contributed by atoms with Gasteiger partial charge in [0.15, 0.2) is 0 Å². The van der Waals surface area contributed by atoms with E-state index in [1.54, 1.807) is 0 Å². The van der Waals surface area contributed by atoms with Crippen LogP contribution in [0.2, 0.25) is 5.02 Å². The van der Waals surface area contributed by atoms with Crippen LogP contribution in [0.15, 0.2) is 18.2 Å². The zero-order chi connectivity index (χ0) is 13.3. The van der Waals surface area contributed by atoms with Crippen molar-refractivity contribution in [1.82, 2.24) is 0 Å². The average molecular weight is 280 g/mol. The summed E-state index contributed by atoms with van der Waals surface area (Å²) in [6, 6.07) is 5.90. The highest BCUT2D eigenvalue weighted by Gasteiger charge is 2.33. The van der Waals surface area contributed by atoms with Gasteiger partial charge in [-0.25, -0.2) is 0 Å². The molecule has 0 aromatic heterocycles. The number of hydrogen-bond donors (Lipinski definition) is 1. The zero-order valence-electron chi connectivity index (χ0n) is 11.3. The molecule has 1 aromatic carbocycles. The maximum atomic E-state index is 6.63. The predicted octanol–water partition coefficient (Wildman–Crippen LogP) is 4.25. The van der Waals surface area contributed by atoms with Crippen LogP contribution in [0.5, 0.6) is 5.75 Å². The standard InChI is InChI=1S/C16H22ClNO/c17-13-6-7-15(19-11-12-4-5-12)14(10-13)16(18)8-2-1-3-9-16/h6-7,10,12H,1-5,8-9,11,18H2. The first-order valence-electron chi connectivity index (χ1n) is 7.39. The van der Waals surface area contributed by atoms with Gasteiger partial charge in [0, 0.05) is 16.1 Å². The Morgan fingerprint density at radius 2 is 1.95 bits per heavy atom. The Morgan fingerprint density at radius 1 is 1.21 bits per heavy atom. The first-order valence-corrected chi connectivity index (χ1v) is 7.77. The van der Waals surface area contributed by atoms with Crippen LogP contribution in [0.4, 0.5) is 0 Å². The molecule has 0 radical (unpaired) electrons. The Balaban J connectivity index is 1.85. The van der Waals surface area contributed by atoms with E-state index in [-0.39, 0.29) is 5.54 Å². The van der Waals surface area contributed by atoms with E-state index in [1.807, 2.05) is 18.2 Å². The molecular weight excluding hydrogens is 258 g/mol. The van der Waals surface area contributed by atoms with Gasteiger partial charge in [0.1, 0.15) is 5.75 Å². The highest BCUT2D eigenvalue weighted by molar-refractivity contribution is 6.30. The quantitative estimate of drug-likeness (QED) is 0.894. The summed E-state index contributed by atoms with van der Waals surface area (Å²) in [5.41, 5.74) is 7.50. The summed E-state index contributed by atoms with van der Waals surface area (Å²) in [4.78, 5) is 0. The minimum atomic E-state index is -0.248. The Morgan fingerprint density at radius 3 is 2.63 bits per heavy atom. The number of halogens is 1. The molecule has 0 amide bonds. The van der Waals surface area contributed by atoms with Gasteiger partial charge in [-0.2, -0.15) is 0 Å². The Kier molecular flexibility index (Phi) is 3.72. The van der Waals surface area contributed by atoms with E-state index in [4.69, 9.17) is 22.1 Å². The topological polar surface area (TPSA) is 35.2 Å². The van der Waals surface area contributed by atoms with Crippen LogP contribution in [-0.4, -0.2) is 6.61 Å². The van der Waals surface area contributed by atoms with Crippen molar-refractivity contribution in [3.63, 3.8) is 0 Å². The minimum absolute atomic E-state index is 0.248. The van der Waals surface area contributed by atoms with E-state index in [2.05, 4.69) is 0 Å². The van der Waals surface area contributed by atoms with Crippen LogP contribution in [0, 0.1) is 5.92 Å². The van der Waals surface area contributed by atoms with E-state index in [1.165, 1.54) is 32.1 Å². The van der Waals surface area contributed by atoms with E-state index in [9.17, 15) is 0 Å². The maximum absolute atomic E-state index is 6.63. The average Bonchev–Trinajstić information content (AvgIpc) is 3.22. The SMILES string of the molecule is NC1(c2cc(Cl)ccc2OCC2CC2)CCCCC1. The zero-order valence-corrected chi connectivity index (χ0v) is 12.1. The highest BCUT2D eigenvalue weighted by Crippen LogP contribution is 2.41. The van der Waals surface area contributed by atoms with Crippen molar-refractivity contribution in [3.8, 4) is 5.75 Å². The molecule has 2 fully saturated rings. The molecule has 3 rings (SSSR count). The van der Waals surface area contributed by atoms with Gasteiger partial charge in [0.2, 0.25) is 0 Å². The number of hydrogen-bond acceptors (Lipinski definition) is 2. The molecule has 3 heteroatoms. The monoisotopic (exact) mass is 279 g/mol. The summed E-state index contributed by atoms with van der Waals surface area (Å²) in [6.07, 6.45) is 8.36. The fourth-order valence-corrected chi connectivity index (χ4v) is 3.13. The van der Waals surface area contributed by atoms with Gasteiger partial charge in [0.05, 0.1) is 6.61 Å².